The Balaban J connectivity index is 1.70. The van der Waals surface area contributed by atoms with Crippen molar-refractivity contribution in [2.45, 2.75) is 13.5 Å². The summed E-state index contributed by atoms with van der Waals surface area (Å²) in [4.78, 5) is 44.2. The highest BCUT2D eigenvalue weighted by Crippen LogP contribution is 2.21. The summed E-state index contributed by atoms with van der Waals surface area (Å²) in [6, 6.07) is 15.5. The minimum Gasteiger partial charge on any atom is -0.378 e. The van der Waals surface area contributed by atoms with Gasteiger partial charge in [-0.2, -0.15) is 0 Å². The zero-order chi connectivity index (χ0) is 24.8. The average molecular weight is 461 g/mol. The van der Waals surface area contributed by atoms with E-state index in [4.69, 9.17) is 5.73 Å². The topological polar surface area (TPSA) is 121 Å². The van der Waals surface area contributed by atoms with Crippen LogP contribution in [0.25, 0.3) is 0 Å². The van der Waals surface area contributed by atoms with Crippen molar-refractivity contribution in [3.05, 3.63) is 83.2 Å². The molecule has 9 heteroatoms. The Labute approximate surface area is 198 Å². The third kappa shape index (κ3) is 6.10. The molecular formula is C25H28N6O3. The molecule has 0 bridgehead atoms. The zero-order valence-electron chi connectivity index (χ0n) is 19.6. The number of pyridine rings is 1. The molecule has 0 atom stereocenters. The van der Waals surface area contributed by atoms with Crippen molar-refractivity contribution in [2.75, 3.05) is 36.7 Å². The monoisotopic (exact) mass is 460 g/mol. The lowest BCUT2D eigenvalue weighted by molar-refractivity contribution is 0.0993. The van der Waals surface area contributed by atoms with Crippen molar-refractivity contribution in [2.24, 2.45) is 5.73 Å². The van der Waals surface area contributed by atoms with Gasteiger partial charge in [-0.25, -0.2) is 4.79 Å². The normalized spacial score (nSPS) is 10.4. The molecule has 0 saturated carbocycles. The van der Waals surface area contributed by atoms with Crippen molar-refractivity contribution < 1.29 is 14.4 Å². The van der Waals surface area contributed by atoms with E-state index in [9.17, 15) is 14.4 Å². The Morgan fingerprint density at radius 1 is 0.971 bits per heavy atom. The second-order valence-corrected chi connectivity index (χ2v) is 8.13. The highest BCUT2D eigenvalue weighted by molar-refractivity contribution is 6.05. The molecular weight excluding hydrogens is 432 g/mol. The smallest absolute Gasteiger partial charge is 0.321 e. The number of primary amides is 1. The van der Waals surface area contributed by atoms with Gasteiger partial charge < -0.3 is 26.2 Å². The maximum absolute atomic E-state index is 12.8. The Kier molecular flexibility index (Phi) is 7.47. The van der Waals surface area contributed by atoms with E-state index >= 15 is 0 Å². The minimum atomic E-state index is -0.631. The number of hydrogen-bond donors (Lipinski definition) is 3. The number of aryl methyl sites for hydroxylation is 1. The van der Waals surface area contributed by atoms with E-state index < -0.39 is 5.91 Å². The van der Waals surface area contributed by atoms with Gasteiger partial charge >= 0.3 is 6.03 Å². The van der Waals surface area contributed by atoms with Crippen LogP contribution in [0.3, 0.4) is 0 Å². The molecule has 0 aliphatic rings. The van der Waals surface area contributed by atoms with Crippen LogP contribution in [0.1, 0.15) is 32.0 Å². The number of nitrogens with zero attached hydrogens (tertiary/aromatic N) is 3. The first kappa shape index (κ1) is 24.2. The molecule has 0 fully saturated rings. The largest absolute Gasteiger partial charge is 0.378 e. The number of anilines is 3. The summed E-state index contributed by atoms with van der Waals surface area (Å²) in [5, 5.41) is 5.73. The first-order valence-corrected chi connectivity index (χ1v) is 10.6. The quantitative estimate of drug-likeness (QED) is 0.499. The van der Waals surface area contributed by atoms with Crippen LogP contribution in [0, 0.1) is 6.92 Å². The fourth-order valence-electron chi connectivity index (χ4n) is 3.23. The fraction of sp³-hybridized carbons (Fsp3) is 0.200. The average Bonchev–Trinajstić information content (AvgIpc) is 2.80. The molecule has 4 N–H and O–H groups in total. The van der Waals surface area contributed by atoms with E-state index in [1.54, 1.807) is 37.4 Å². The molecule has 1 heterocycles. The number of carbonyl (C=O) groups is 3. The zero-order valence-corrected chi connectivity index (χ0v) is 19.6. The van der Waals surface area contributed by atoms with Crippen molar-refractivity contribution in [1.82, 2.24) is 9.88 Å². The molecule has 4 amide bonds. The van der Waals surface area contributed by atoms with Crippen molar-refractivity contribution in [3.63, 3.8) is 0 Å². The molecule has 0 aliphatic heterocycles. The molecule has 0 spiro atoms. The van der Waals surface area contributed by atoms with Crippen LogP contribution >= 0.6 is 0 Å². The van der Waals surface area contributed by atoms with Gasteiger partial charge in [-0.3, -0.25) is 14.6 Å². The number of benzene rings is 2. The minimum absolute atomic E-state index is 0.136. The lowest BCUT2D eigenvalue weighted by Gasteiger charge is -2.19. The van der Waals surface area contributed by atoms with E-state index in [0.717, 1.165) is 11.3 Å². The molecule has 176 valence electrons. The molecule has 0 unspecified atom stereocenters. The van der Waals surface area contributed by atoms with Crippen LogP contribution in [-0.2, 0) is 6.54 Å². The Bertz CT molecular complexity index is 1220. The van der Waals surface area contributed by atoms with Crippen LogP contribution in [0.2, 0.25) is 0 Å². The molecule has 34 heavy (non-hydrogen) atoms. The summed E-state index contributed by atoms with van der Waals surface area (Å²) in [7, 11) is 5.49. The molecule has 9 nitrogen and oxygen atoms in total. The number of nitrogens with one attached hydrogen (secondary N) is 2. The predicted molar refractivity (Wildman–Crippen MR) is 133 cm³/mol. The number of amides is 4. The molecule has 0 aliphatic carbocycles. The van der Waals surface area contributed by atoms with Crippen LogP contribution in [0.4, 0.5) is 21.9 Å². The van der Waals surface area contributed by atoms with Gasteiger partial charge in [0.15, 0.2) is 0 Å². The number of nitrogens with two attached hydrogens (primary N) is 1. The number of urea groups is 1. The summed E-state index contributed by atoms with van der Waals surface area (Å²) in [6.07, 6.45) is 1.47. The van der Waals surface area contributed by atoms with Crippen molar-refractivity contribution >= 4 is 34.9 Å². The SMILES string of the molecule is Cc1ccc(C(=O)Nc2cccc(N(C)C)c2)cc1NC(=O)N(C)Cc1ccnc(C(N)=O)c1. The Morgan fingerprint density at radius 3 is 2.44 bits per heavy atom. The Hall–Kier alpha value is -4.40. The molecule has 3 aromatic rings. The second-order valence-electron chi connectivity index (χ2n) is 8.13. The van der Waals surface area contributed by atoms with Crippen LogP contribution in [0.15, 0.2) is 60.8 Å². The Morgan fingerprint density at radius 2 is 1.74 bits per heavy atom. The van der Waals surface area contributed by atoms with Crippen molar-refractivity contribution in [3.8, 4) is 0 Å². The summed E-state index contributed by atoms with van der Waals surface area (Å²) >= 11 is 0. The fourth-order valence-corrected chi connectivity index (χ4v) is 3.23. The highest BCUT2D eigenvalue weighted by atomic mass is 16.2. The van der Waals surface area contributed by atoms with Gasteiger partial charge in [0.2, 0.25) is 0 Å². The van der Waals surface area contributed by atoms with E-state index in [1.807, 2.05) is 50.2 Å². The van der Waals surface area contributed by atoms with E-state index in [0.29, 0.717) is 22.5 Å². The first-order chi connectivity index (χ1) is 16.1. The maximum atomic E-state index is 12.8. The lowest BCUT2D eigenvalue weighted by Crippen LogP contribution is -2.31. The number of aromatic nitrogens is 1. The second kappa shape index (κ2) is 10.5. The number of hydrogen-bond acceptors (Lipinski definition) is 5. The van der Waals surface area contributed by atoms with Gasteiger partial charge in [0, 0.05) is 56.5 Å². The summed E-state index contributed by atoms with van der Waals surface area (Å²) in [5.74, 6) is -0.913. The molecule has 3 rings (SSSR count). The summed E-state index contributed by atoms with van der Waals surface area (Å²) < 4.78 is 0. The van der Waals surface area contributed by atoms with Crippen LogP contribution in [-0.4, -0.2) is 48.9 Å². The van der Waals surface area contributed by atoms with Gasteiger partial charge in [-0.05, 0) is 60.5 Å². The van der Waals surface area contributed by atoms with Crippen molar-refractivity contribution in [1.29, 1.82) is 0 Å². The standard InChI is InChI=1S/C25H28N6O3/c1-16-8-9-18(24(33)28-19-6-5-7-20(14-19)30(2)3)13-21(16)29-25(34)31(4)15-17-10-11-27-22(12-17)23(26)32/h5-14H,15H2,1-4H3,(H2,26,32)(H,28,33)(H,29,34). The molecule has 1 aromatic heterocycles. The van der Waals surface area contributed by atoms with Gasteiger partial charge in [0.25, 0.3) is 11.8 Å². The molecule has 0 radical (unpaired) electrons. The predicted octanol–water partition coefficient (Wildman–Crippen LogP) is 3.47. The first-order valence-electron chi connectivity index (χ1n) is 10.6. The van der Waals surface area contributed by atoms with Crippen LogP contribution in [0.5, 0.6) is 0 Å². The van der Waals surface area contributed by atoms with Gasteiger partial charge in [0.1, 0.15) is 5.69 Å². The van der Waals surface area contributed by atoms with E-state index in [2.05, 4.69) is 15.6 Å². The molecule has 2 aromatic carbocycles. The third-order valence-corrected chi connectivity index (χ3v) is 5.21. The van der Waals surface area contributed by atoms with E-state index in [-0.39, 0.29) is 24.2 Å². The maximum Gasteiger partial charge on any atom is 0.321 e. The van der Waals surface area contributed by atoms with Gasteiger partial charge in [0.05, 0.1) is 0 Å². The summed E-state index contributed by atoms with van der Waals surface area (Å²) in [6.45, 7) is 2.09. The molecule has 0 saturated heterocycles. The van der Waals surface area contributed by atoms with E-state index in [1.165, 1.54) is 11.1 Å². The highest BCUT2D eigenvalue weighted by Gasteiger charge is 2.14. The third-order valence-electron chi connectivity index (χ3n) is 5.21. The number of rotatable bonds is 7. The lowest BCUT2D eigenvalue weighted by atomic mass is 10.1. The van der Waals surface area contributed by atoms with Gasteiger partial charge in [-0.15, -0.1) is 0 Å². The number of carbonyl (C=O) groups excluding carboxylic acids is 3. The van der Waals surface area contributed by atoms with Crippen LogP contribution < -0.4 is 21.3 Å². The van der Waals surface area contributed by atoms with Gasteiger partial charge in [-0.1, -0.05) is 12.1 Å². The summed E-state index contributed by atoms with van der Waals surface area (Å²) in [5.41, 5.74) is 9.52.